The number of nitrogens with zero attached hydrogens (tertiary/aromatic N) is 1. The number of halogens is 1. The maximum absolute atomic E-state index is 13.1. The number of carbonyl (C=O) groups is 1. The van der Waals surface area contributed by atoms with Gasteiger partial charge in [-0.25, -0.2) is 4.79 Å². The molecule has 1 saturated carbocycles. The van der Waals surface area contributed by atoms with Crippen LogP contribution < -0.4 is 0 Å². The number of hydrogen-bond acceptors (Lipinski definition) is 3. The standard InChI is InChI=1S/C24H25ClN2O3/c25-17-7-10-21-20(13-17)19-11-12-27(24(29)30-14-15-3-1-2-4-15)23(22(19)26-21)16-5-8-18(28)9-6-16/h5-10,13,15,23,26,28H,1-4,11-12,14H2. The summed E-state index contributed by atoms with van der Waals surface area (Å²) < 4.78 is 5.75. The highest BCUT2D eigenvalue weighted by Crippen LogP contribution is 2.40. The first kappa shape index (κ1) is 19.3. The molecule has 2 aliphatic rings. The number of nitrogens with one attached hydrogen (secondary N) is 1. The Bertz CT molecular complexity index is 1070. The quantitative estimate of drug-likeness (QED) is 0.558. The van der Waals surface area contributed by atoms with E-state index >= 15 is 0 Å². The van der Waals surface area contributed by atoms with Crippen molar-refractivity contribution >= 4 is 28.6 Å². The molecule has 0 spiro atoms. The van der Waals surface area contributed by atoms with Crippen molar-refractivity contribution in [1.82, 2.24) is 9.88 Å². The van der Waals surface area contributed by atoms with Gasteiger partial charge < -0.3 is 14.8 Å². The summed E-state index contributed by atoms with van der Waals surface area (Å²) >= 11 is 6.25. The SMILES string of the molecule is O=C(OCC1CCCC1)N1CCc2c([nH]c3ccc(Cl)cc23)C1c1ccc(O)cc1. The van der Waals surface area contributed by atoms with Gasteiger partial charge in [0, 0.05) is 28.2 Å². The number of rotatable bonds is 3. The van der Waals surface area contributed by atoms with Crippen molar-refractivity contribution in [2.24, 2.45) is 5.92 Å². The number of aromatic nitrogens is 1. The summed E-state index contributed by atoms with van der Waals surface area (Å²) in [4.78, 5) is 18.4. The van der Waals surface area contributed by atoms with E-state index in [2.05, 4.69) is 4.98 Å². The third-order valence-corrected chi connectivity index (χ3v) is 6.68. The van der Waals surface area contributed by atoms with Crippen LogP contribution in [0.3, 0.4) is 0 Å². The molecule has 0 bridgehead atoms. The van der Waals surface area contributed by atoms with Gasteiger partial charge in [-0.3, -0.25) is 4.90 Å². The van der Waals surface area contributed by atoms with Crippen LogP contribution in [0.4, 0.5) is 4.79 Å². The van der Waals surface area contributed by atoms with Crippen molar-refractivity contribution in [3.8, 4) is 5.75 Å². The van der Waals surface area contributed by atoms with E-state index in [0.717, 1.165) is 41.4 Å². The van der Waals surface area contributed by atoms with Crippen LogP contribution in [0.1, 0.15) is 48.5 Å². The van der Waals surface area contributed by atoms with Gasteiger partial charge in [0.05, 0.1) is 6.61 Å². The Hall–Kier alpha value is -2.66. The van der Waals surface area contributed by atoms with E-state index in [1.165, 1.54) is 18.4 Å². The number of phenolic OH excluding ortho intramolecular Hbond substituents is 1. The summed E-state index contributed by atoms with van der Waals surface area (Å²) in [6.07, 6.45) is 5.19. The van der Waals surface area contributed by atoms with E-state index in [9.17, 15) is 9.90 Å². The van der Waals surface area contributed by atoms with E-state index in [1.54, 1.807) is 17.0 Å². The Morgan fingerprint density at radius 3 is 2.70 bits per heavy atom. The van der Waals surface area contributed by atoms with Crippen LogP contribution in [0, 0.1) is 5.92 Å². The highest BCUT2D eigenvalue weighted by Gasteiger charge is 2.35. The van der Waals surface area contributed by atoms with Crippen LogP contribution in [0.5, 0.6) is 5.75 Å². The van der Waals surface area contributed by atoms with E-state index in [4.69, 9.17) is 16.3 Å². The fraction of sp³-hybridized carbons (Fsp3) is 0.375. The van der Waals surface area contributed by atoms with Gasteiger partial charge in [0.1, 0.15) is 11.8 Å². The molecule has 2 heterocycles. The molecule has 5 rings (SSSR count). The lowest BCUT2D eigenvalue weighted by Crippen LogP contribution is -2.41. The van der Waals surface area contributed by atoms with Crippen LogP contribution in [-0.2, 0) is 11.2 Å². The summed E-state index contributed by atoms with van der Waals surface area (Å²) in [5, 5.41) is 11.5. The lowest BCUT2D eigenvalue weighted by atomic mass is 9.92. The maximum atomic E-state index is 13.1. The molecule has 1 aliphatic carbocycles. The van der Waals surface area contributed by atoms with E-state index < -0.39 is 0 Å². The van der Waals surface area contributed by atoms with Crippen LogP contribution in [0.25, 0.3) is 10.9 Å². The molecule has 2 N–H and O–H groups in total. The number of H-pyrrole nitrogens is 1. The van der Waals surface area contributed by atoms with Crippen LogP contribution >= 0.6 is 11.6 Å². The Balaban J connectivity index is 1.51. The average Bonchev–Trinajstić information content (AvgIpc) is 3.39. The molecule has 1 fully saturated rings. The molecular weight excluding hydrogens is 400 g/mol. The number of carbonyl (C=O) groups excluding carboxylic acids is 1. The van der Waals surface area contributed by atoms with Crippen LogP contribution in [0.15, 0.2) is 42.5 Å². The largest absolute Gasteiger partial charge is 0.508 e. The Labute approximate surface area is 180 Å². The minimum atomic E-state index is -0.295. The highest BCUT2D eigenvalue weighted by molar-refractivity contribution is 6.31. The van der Waals surface area contributed by atoms with Crippen molar-refractivity contribution in [1.29, 1.82) is 0 Å². The summed E-state index contributed by atoms with van der Waals surface area (Å²) in [5.74, 6) is 0.685. The number of hydrogen-bond donors (Lipinski definition) is 2. The third-order valence-electron chi connectivity index (χ3n) is 6.45. The maximum Gasteiger partial charge on any atom is 0.410 e. The summed E-state index contributed by atoms with van der Waals surface area (Å²) in [7, 11) is 0. The molecule has 156 valence electrons. The Morgan fingerprint density at radius 1 is 1.17 bits per heavy atom. The first-order chi connectivity index (χ1) is 14.6. The van der Waals surface area contributed by atoms with Crippen molar-refractivity contribution in [2.45, 2.75) is 38.1 Å². The normalized spacial score (nSPS) is 19.2. The van der Waals surface area contributed by atoms with Crippen molar-refractivity contribution < 1.29 is 14.6 Å². The van der Waals surface area contributed by atoms with Gasteiger partial charge >= 0.3 is 6.09 Å². The van der Waals surface area contributed by atoms with Gasteiger partial charge in [0.15, 0.2) is 0 Å². The third kappa shape index (κ3) is 3.52. The van der Waals surface area contributed by atoms with Crippen molar-refractivity contribution in [3.63, 3.8) is 0 Å². The topological polar surface area (TPSA) is 65.6 Å². The zero-order valence-corrected chi connectivity index (χ0v) is 17.5. The van der Waals surface area contributed by atoms with Crippen LogP contribution in [-0.4, -0.2) is 34.2 Å². The van der Waals surface area contributed by atoms with Crippen molar-refractivity contribution in [3.05, 3.63) is 64.3 Å². The number of ether oxygens (including phenoxy) is 1. The second-order valence-electron chi connectivity index (χ2n) is 8.37. The molecule has 0 saturated heterocycles. The second kappa shape index (κ2) is 7.88. The molecule has 1 amide bonds. The van der Waals surface area contributed by atoms with E-state index in [-0.39, 0.29) is 17.9 Å². The first-order valence-electron chi connectivity index (χ1n) is 10.6. The number of aromatic amines is 1. The second-order valence-corrected chi connectivity index (χ2v) is 8.81. The zero-order valence-electron chi connectivity index (χ0n) is 16.7. The molecule has 2 aromatic carbocycles. The fourth-order valence-corrected chi connectivity index (χ4v) is 5.08. The molecule has 1 aromatic heterocycles. The van der Waals surface area contributed by atoms with Crippen LogP contribution in [0.2, 0.25) is 5.02 Å². The van der Waals surface area contributed by atoms with Gasteiger partial charge in [-0.15, -0.1) is 0 Å². The lowest BCUT2D eigenvalue weighted by Gasteiger charge is -2.35. The van der Waals surface area contributed by atoms with E-state index in [0.29, 0.717) is 24.1 Å². The fourth-order valence-electron chi connectivity index (χ4n) is 4.91. The molecule has 1 atom stereocenters. The van der Waals surface area contributed by atoms with Gasteiger partial charge in [-0.1, -0.05) is 36.6 Å². The zero-order chi connectivity index (χ0) is 20.7. The Kier molecular flexibility index (Phi) is 5.07. The predicted octanol–water partition coefficient (Wildman–Crippen LogP) is 5.80. The predicted molar refractivity (Wildman–Crippen MR) is 117 cm³/mol. The highest BCUT2D eigenvalue weighted by atomic mass is 35.5. The summed E-state index contributed by atoms with van der Waals surface area (Å²) in [5.41, 5.74) is 4.12. The lowest BCUT2D eigenvalue weighted by molar-refractivity contribution is 0.0763. The van der Waals surface area contributed by atoms with E-state index in [1.807, 2.05) is 30.3 Å². The molecule has 3 aromatic rings. The molecule has 6 heteroatoms. The number of phenols is 1. The van der Waals surface area contributed by atoms with Gasteiger partial charge in [-0.05, 0) is 66.6 Å². The molecule has 30 heavy (non-hydrogen) atoms. The first-order valence-corrected chi connectivity index (χ1v) is 11.0. The number of fused-ring (bicyclic) bond motifs is 3. The molecule has 1 unspecified atom stereocenters. The smallest absolute Gasteiger partial charge is 0.410 e. The number of aromatic hydroxyl groups is 1. The number of benzene rings is 2. The molecular formula is C24H25ClN2O3. The molecule has 5 nitrogen and oxygen atoms in total. The van der Waals surface area contributed by atoms with Gasteiger partial charge in [0.2, 0.25) is 0 Å². The summed E-state index contributed by atoms with van der Waals surface area (Å²) in [6, 6.07) is 12.6. The number of amides is 1. The minimum absolute atomic E-state index is 0.202. The monoisotopic (exact) mass is 424 g/mol. The molecule has 0 radical (unpaired) electrons. The Morgan fingerprint density at radius 2 is 1.93 bits per heavy atom. The van der Waals surface area contributed by atoms with Crippen molar-refractivity contribution in [2.75, 3.05) is 13.2 Å². The molecule has 1 aliphatic heterocycles. The van der Waals surface area contributed by atoms with Gasteiger partial charge in [0.25, 0.3) is 0 Å². The minimum Gasteiger partial charge on any atom is -0.508 e. The average molecular weight is 425 g/mol. The van der Waals surface area contributed by atoms with Gasteiger partial charge in [-0.2, -0.15) is 0 Å². The summed E-state index contributed by atoms with van der Waals surface area (Å²) in [6.45, 7) is 1.06.